The van der Waals surface area contributed by atoms with E-state index in [0.29, 0.717) is 23.1 Å². The Morgan fingerprint density at radius 1 is 1.33 bits per heavy atom. The first kappa shape index (κ1) is 17.3. The second-order valence-electron chi connectivity index (χ2n) is 5.70. The zero-order chi connectivity index (χ0) is 17.2. The third kappa shape index (κ3) is 4.28. The van der Waals surface area contributed by atoms with E-state index >= 15 is 0 Å². The van der Waals surface area contributed by atoms with E-state index < -0.39 is 9.84 Å². The van der Waals surface area contributed by atoms with E-state index in [4.69, 9.17) is 28.2 Å². The van der Waals surface area contributed by atoms with Crippen LogP contribution < -0.4 is 5.32 Å². The second kappa shape index (κ2) is 7.13. The summed E-state index contributed by atoms with van der Waals surface area (Å²) < 4.78 is 29.1. The fourth-order valence-electron chi connectivity index (χ4n) is 2.69. The lowest BCUT2D eigenvalue weighted by Gasteiger charge is -2.30. The number of thiocarbonyl (C=S) groups is 1. The molecule has 1 aliphatic heterocycles. The Labute approximate surface area is 151 Å². The third-order valence-corrected chi connectivity index (χ3v) is 6.25. The lowest BCUT2D eigenvalue weighted by atomic mass is 10.2. The first-order chi connectivity index (χ1) is 11.4. The monoisotopic (exact) mass is 384 g/mol. The normalized spacial score (nSPS) is 19.1. The van der Waals surface area contributed by atoms with Crippen LogP contribution in [-0.4, -0.2) is 36.0 Å². The van der Waals surface area contributed by atoms with E-state index in [1.807, 2.05) is 23.1 Å². The summed E-state index contributed by atoms with van der Waals surface area (Å²) in [5, 5.41) is 4.26. The smallest absolute Gasteiger partial charge is 0.174 e. The molecule has 128 valence electrons. The van der Waals surface area contributed by atoms with Crippen LogP contribution in [0.3, 0.4) is 0 Å². The van der Waals surface area contributed by atoms with Gasteiger partial charge in [0, 0.05) is 16.8 Å². The maximum atomic E-state index is 11.8. The molecule has 5 nitrogen and oxygen atoms in total. The maximum Gasteiger partial charge on any atom is 0.174 e. The molecule has 0 amide bonds. The number of sulfone groups is 1. The zero-order valence-corrected chi connectivity index (χ0v) is 15.2. The van der Waals surface area contributed by atoms with E-state index in [1.165, 1.54) is 0 Å². The largest absolute Gasteiger partial charge is 0.467 e. The predicted octanol–water partition coefficient (Wildman–Crippen LogP) is 3.32. The van der Waals surface area contributed by atoms with Crippen molar-refractivity contribution in [2.24, 2.45) is 0 Å². The minimum atomic E-state index is -3.01. The Morgan fingerprint density at radius 3 is 2.67 bits per heavy atom. The molecule has 1 aromatic carbocycles. The third-order valence-electron chi connectivity index (χ3n) is 3.91. The lowest BCUT2D eigenvalue weighted by Crippen LogP contribution is -2.42. The number of hydrogen-bond donors (Lipinski definition) is 1. The van der Waals surface area contributed by atoms with Gasteiger partial charge in [-0.15, -0.1) is 0 Å². The Morgan fingerprint density at radius 2 is 2.08 bits per heavy atom. The molecular weight excluding hydrogens is 368 g/mol. The summed E-state index contributed by atoms with van der Waals surface area (Å²) in [6, 6.07) is 10.7. The summed E-state index contributed by atoms with van der Waals surface area (Å²) in [6.45, 7) is 0.423. The molecule has 8 heteroatoms. The molecule has 3 rings (SSSR count). The van der Waals surface area contributed by atoms with E-state index in [2.05, 4.69) is 5.32 Å². The van der Waals surface area contributed by atoms with Crippen LogP contribution in [0, 0.1) is 0 Å². The van der Waals surface area contributed by atoms with Crippen molar-refractivity contribution >= 4 is 44.5 Å². The Hall–Kier alpha value is -1.57. The molecule has 1 atom stereocenters. The average molecular weight is 385 g/mol. The van der Waals surface area contributed by atoms with Crippen molar-refractivity contribution in [2.45, 2.75) is 19.0 Å². The van der Waals surface area contributed by atoms with Crippen molar-refractivity contribution in [3.05, 3.63) is 53.4 Å². The van der Waals surface area contributed by atoms with Crippen molar-refractivity contribution in [1.29, 1.82) is 0 Å². The van der Waals surface area contributed by atoms with Crippen molar-refractivity contribution in [3.63, 3.8) is 0 Å². The van der Waals surface area contributed by atoms with Gasteiger partial charge in [-0.3, -0.25) is 0 Å². The molecule has 0 bridgehead atoms. The van der Waals surface area contributed by atoms with Gasteiger partial charge >= 0.3 is 0 Å². The molecule has 0 saturated carbocycles. The first-order valence-electron chi connectivity index (χ1n) is 7.49. The van der Waals surface area contributed by atoms with Gasteiger partial charge in [0.1, 0.15) is 5.76 Å². The molecule has 24 heavy (non-hydrogen) atoms. The summed E-state index contributed by atoms with van der Waals surface area (Å²) in [7, 11) is -3.01. The quantitative estimate of drug-likeness (QED) is 0.816. The van der Waals surface area contributed by atoms with Gasteiger partial charge in [-0.2, -0.15) is 0 Å². The Balaban J connectivity index is 1.78. The van der Waals surface area contributed by atoms with Gasteiger partial charge in [0.15, 0.2) is 14.9 Å². The van der Waals surface area contributed by atoms with Crippen LogP contribution >= 0.6 is 23.8 Å². The molecule has 1 aliphatic rings. The average Bonchev–Trinajstić information content (AvgIpc) is 3.16. The van der Waals surface area contributed by atoms with Gasteiger partial charge in [0.2, 0.25) is 0 Å². The van der Waals surface area contributed by atoms with Crippen molar-refractivity contribution in [3.8, 4) is 0 Å². The van der Waals surface area contributed by atoms with Crippen molar-refractivity contribution in [2.75, 3.05) is 16.8 Å². The molecule has 2 heterocycles. The Bertz CT molecular complexity index is 804. The van der Waals surface area contributed by atoms with Crippen LogP contribution in [-0.2, 0) is 16.4 Å². The molecule has 0 unspecified atom stereocenters. The Kier molecular flexibility index (Phi) is 5.12. The van der Waals surface area contributed by atoms with E-state index in [-0.39, 0.29) is 17.5 Å². The summed E-state index contributed by atoms with van der Waals surface area (Å²) >= 11 is 11.4. The fourth-order valence-corrected chi connectivity index (χ4v) is 4.88. The first-order valence-corrected chi connectivity index (χ1v) is 10.1. The molecule has 1 aromatic heterocycles. The van der Waals surface area contributed by atoms with Crippen LogP contribution in [0.5, 0.6) is 0 Å². The van der Waals surface area contributed by atoms with Gasteiger partial charge in [0.25, 0.3) is 0 Å². The minimum absolute atomic E-state index is 0.107. The number of furan rings is 1. The van der Waals surface area contributed by atoms with Crippen LogP contribution in [0.1, 0.15) is 12.2 Å². The minimum Gasteiger partial charge on any atom is -0.467 e. The van der Waals surface area contributed by atoms with E-state index in [1.54, 1.807) is 24.5 Å². The summed E-state index contributed by atoms with van der Waals surface area (Å²) in [6.07, 6.45) is 2.15. The zero-order valence-electron chi connectivity index (χ0n) is 12.8. The highest BCUT2D eigenvalue weighted by atomic mass is 35.5. The molecule has 1 fully saturated rings. The number of nitrogens with one attached hydrogen (secondary N) is 1. The highest BCUT2D eigenvalue weighted by molar-refractivity contribution is 7.91. The van der Waals surface area contributed by atoms with Gasteiger partial charge < -0.3 is 14.6 Å². The van der Waals surface area contributed by atoms with Crippen LogP contribution in [0.2, 0.25) is 5.02 Å². The molecule has 2 aromatic rings. The molecular formula is C16H17ClN2O3S2. The number of hydrogen-bond acceptors (Lipinski definition) is 4. The predicted molar refractivity (Wildman–Crippen MR) is 99.0 cm³/mol. The van der Waals surface area contributed by atoms with Crippen LogP contribution in [0.4, 0.5) is 5.69 Å². The summed E-state index contributed by atoms with van der Waals surface area (Å²) in [5.41, 5.74) is 0.801. The SMILES string of the molecule is O=S1(=O)CC[C@@H](N(Cc2ccco2)C(=S)Nc2ccc(Cl)cc2)C1. The maximum absolute atomic E-state index is 11.8. The fraction of sp³-hybridized carbons (Fsp3) is 0.312. The van der Waals surface area contributed by atoms with Crippen LogP contribution in [0.25, 0.3) is 0 Å². The highest BCUT2D eigenvalue weighted by Crippen LogP contribution is 2.22. The number of rotatable bonds is 4. The van der Waals surface area contributed by atoms with Gasteiger partial charge in [-0.25, -0.2) is 8.42 Å². The molecule has 1 saturated heterocycles. The topological polar surface area (TPSA) is 62.6 Å². The highest BCUT2D eigenvalue weighted by Gasteiger charge is 2.34. The van der Waals surface area contributed by atoms with Crippen LogP contribution in [0.15, 0.2) is 47.1 Å². The second-order valence-corrected chi connectivity index (χ2v) is 8.75. The van der Waals surface area contributed by atoms with Crippen molar-refractivity contribution < 1.29 is 12.8 Å². The van der Waals surface area contributed by atoms with E-state index in [9.17, 15) is 8.42 Å². The lowest BCUT2D eigenvalue weighted by molar-refractivity contribution is 0.302. The van der Waals surface area contributed by atoms with E-state index in [0.717, 1.165) is 11.4 Å². The number of nitrogens with zero attached hydrogens (tertiary/aromatic N) is 1. The number of anilines is 1. The molecule has 0 aliphatic carbocycles. The molecule has 1 N–H and O–H groups in total. The summed E-state index contributed by atoms with van der Waals surface area (Å²) in [4.78, 5) is 1.88. The van der Waals surface area contributed by atoms with Gasteiger partial charge in [0.05, 0.1) is 24.3 Å². The number of halogens is 1. The number of benzene rings is 1. The van der Waals surface area contributed by atoms with Crippen molar-refractivity contribution in [1.82, 2.24) is 4.90 Å². The standard InChI is InChI=1S/C16H17ClN2O3S2/c17-12-3-5-13(6-4-12)18-16(23)19(10-15-2-1-8-22-15)14-7-9-24(20,21)11-14/h1-6,8,14H,7,9-11H2,(H,18,23)/t14-/m1/s1. The van der Waals surface area contributed by atoms with Gasteiger partial charge in [-0.05, 0) is 55.0 Å². The molecule has 0 spiro atoms. The van der Waals surface area contributed by atoms with Gasteiger partial charge in [-0.1, -0.05) is 11.6 Å². The summed E-state index contributed by atoms with van der Waals surface area (Å²) in [5.74, 6) is 1.03. The molecule has 0 radical (unpaired) electrons.